The van der Waals surface area contributed by atoms with Crippen molar-refractivity contribution in [3.63, 3.8) is 0 Å². The number of carboxylic acids is 1. The normalized spacial score (nSPS) is 27.7. The van der Waals surface area contributed by atoms with E-state index in [9.17, 15) is 4.79 Å². The molecule has 0 amide bonds. The summed E-state index contributed by atoms with van der Waals surface area (Å²) >= 11 is 0. The van der Waals surface area contributed by atoms with Crippen LogP contribution < -0.4 is 0 Å². The lowest BCUT2D eigenvalue weighted by Gasteiger charge is -2.27. The summed E-state index contributed by atoms with van der Waals surface area (Å²) in [5, 5.41) is 8.51. The van der Waals surface area contributed by atoms with Crippen LogP contribution >= 0.6 is 0 Å². The largest absolute Gasteiger partial charge is 0.481 e. The SMILES string of the molecule is O=C(O)CC1=NC(C2CCC2)CO1. The van der Waals surface area contributed by atoms with E-state index in [0.29, 0.717) is 18.4 Å². The minimum absolute atomic E-state index is 0.0663. The molecule has 0 saturated heterocycles. The molecule has 1 aliphatic heterocycles. The maximum absolute atomic E-state index is 10.4. The highest BCUT2D eigenvalue weighted by molar-refractivity contribution is 5.94. The average molecular weight is 183 g/mol. The van der Waals surface area contributed by atoms with E-state index in [-0.39, 0.29) is 12.5 Å². The second kappa shape index (κ2) is 3.36. The summed E-state index contributed by atoms with van der Waals surface area (Å²) in [7, 11) is 0. The van der Waals surface area contributed by atoms with Gasteiger partial charge in [-0.1, -0.05) is 6.42 Å². The summed E-state index contributed by atoms with van der Waals surface area (Å²) in [6.45, 7) is 0.591. The fourth-order valence-electron chi connectivity index (χ4n) is 1.73. The zero-order valence-corrected chi connectivity index (χ0v) is 7.40. The van der Waals surface area contributed by atoms with Crippen LogP contribution in [0.25, 0.3) is 0 Å². The molecule has 1 aliphatic carbocycles. The molecule has 0 aromatic heterocycles. The predicted octanol–water partition coefficient (Wildman–Crippen LogP) is 1.06. The van der Waals surface area contributed by atoms with Crippen LogP contribution in [0, 0.1) is 5.92 Å². The Balaban J connectivity index is 1.88. The molecular formula is C9H13NO3. The third-order valence-corrected chi connectivity index (χ3v) is 2.73. The van der Waals surface area contributed by atoms with Gasteiger partial charge in [-0.25, -0.2) is 4.99 Å². The lowest BCUT2D eigenvalue weighted by atomic mass is 9.80. The van der Waals surface area contributed by atoms with Crippen LogP contribution in [0.5, 0.6) is 0 Å². The van der Waals surface area contributed by atoms with E-state index >= 15 is 0 Å². The van der Waals surface area contributed by atoms with Crippen molar-refractivity contribution in [3.8, 4) is 0 Å². The van der Waals surface area contributed by atoms with Gasteiger partial charge in [-0.3, -0.25) is 4.79 Å². The van der Waals surface area contributed by atoms with Gasteiger partial charge in [0.05, 0.1) is 6.04 Å². The van der Waals surface area contributed by atoms with Crippen LogP contribution in [-0.4, -0.2) is 29.6 Å². The number of aliphatic carboxylic acids is 1. The van der Waals surface area contributed by atoms with E-state index in [2.05, 4.69) is 4.99 Å². The van der Waals surface area contributed by atoms with Crippen molar-refractivity contribution in [2.45, 2.75) is 31.7 Å². The van der Waals surface area contributed by atoms with Crippen LogP contribution in [0.15, 0.2) is 4.99 Å². The van der Waals surface area contributed by atoms with E-state index in [1.54, 1.807) is 0 Å². The molecule has 0 spiro atoms. The van der Waals surface area contributed by atoms with Crippen molar-refractivity contribution in [1.82, 2.24) is 0 Å². The fourth-order valence-corrected chi connectivity index (χ4v) is 1.73. The lowest BCUT2D eigenvalue weighted by molar-refractivity contribution is -0.135. The highest BCUT2D eigenvalue weighted by atomic mass is 16.5. The van der Waals surface area contributed by atoms with Gasteiger partial charge in [-0.15, -0.1) is 0 Å². The number of nitrogens with zero attached hydrogens (tertiary/aromatic N) is 1. The molecule has 4 heteroatoms. The fraction of sp³-hybridized carbons (Fsp3) is 0.778. The van der Waals surface area contributed by atoms with Crippen LogP contribution in [0.1, 0.15) is 25.7 Å². The third-order valence-electron chi connectivity index (χ3n) is 2.73. The molecule has 13 heavy (non-hydrogen) atoms. The Labute approximate surface area is 76.6 Å². The van der Waals surface area contributed by atoms with Crippen molar-refractivity contribution in [2.24, 2.45) is 10.9 Å². The summed E-state index contributed by atoms with van der Waals surface area (Å²) in [5.74, 6) is 0.184. The quantitative estimate of drug-likeness (QED) is 0.711. The second-order valence-electron chi connectivity index (χ2n) is 3.66. The first-order valence-corrected chi connectivity index (χ1v) is 4.67. The second-order valence-corrected chi connectivity index (χ2v) is 3.66. The summed E-state index contributed by atoms with van der Waals surface area (Å²) in [5.41, 5.74) is 0. The Morgan fingerprint density at radius 1 is 1.62 bits per heavy atom. The highest BCUT2D eigenvalue weighted by Crippen LogP contribution is 2.33. The number of carboxylic acid groups (broad SMARTS) is 1. The minimum Gasteiger partial charge on any atom is -0.481 e. The maximum Gasteiger partial charge on any atom is 0.312 e. The molecular weight excluding hydrogens is 170 g/mol. The van der Waals surface area contributed by atoms with Crippen LogP contribution in [0.2, 0.25) is 0 Å². The monoisotopic (exact) mass is 183 g/mol. The van der Waals surface area contributed by atoms with Gasteiger partial charge in [0.2, 0.25) is 0 Å². The Kier molecular flexibility index (Phi) is 2.20. The van der Waals surface area contributed by atoms with Crippen LogP contribution in [0.3, 0.4) is 0 Å². The predicted molar refractivity (Wildman–Crippen MR) is 46.8 cm³/mol. The first-order valence-electron chi connectivity index (χ1n) is 4.67. The van der Waals surface area contributed by atoms with Crippen LogP contribution in [0.4, 0.5) is 0 Å². The minimum atomic E-state index is -0.868. The molecule has 2 rings (SSSR count). The zero-order valence-electron chi connectivity index (χ0n) is 7.40. The molecule has 1 unspecified atom stereocenters. The van der Waals surface area contributed by atoms with E-state index in [4.69, 9.17) is 9.84 Å². The Morgan fingerprint density at radius 3 is 2.92 bits per heavy atom. The van der Waals surface area contributed by atoms with Gasteiger partial charge < -0.3 is 9.84 Å². The van der Waals surface area contributed by atoms with E-state index in [1.807, 2.05) is 0 Å². The molecule has 1 heterocycles. The molecule has 0 aromatic carbocycles. The summed E-state index contributed by atoms with van der Waals surface area (Å²) < 4.78 is 5.20. The van der Waals surface area contributed by atoms with Crippen molar-refractivity contribution in [2.75, 3.05) is 6.61 Å². The Hall–Kier alpha value is -1.06. The maximum atomic E-state index is 10.4. The van der Waals surface area contributed by atoms with Gasteiger partial charge in [0.1, 0.15) is 13.0 Å². The molecule has 1 atom stereocenters. The van der Waals surface area contributed by atoms with Crippen molar-refractivity contribution < 1.29 is 14.6 Å². The van der Waals surface area contributed by atoms with Gasteiger partial charge in [0.15, 0.2) is 5.90 Å². The molecule has 0 radical (unpaired) electrons. The molecule has 2 aliphatic rings. The van der Waals surface area contributed by atoms with Gasteiger partial charge in [0.25, 0.3) is 0 Å². The first kappa shape index (κ1) is 8.53. The van der Waals surface area contributed by atoms with Crippen molar-refractivity contribution >= 4 is 11.9 Å². The molecule has 0 bridgehead atoms. The van der Waals surface area contributed by atoms with Crippen molar-refractivity contribution in [1.29, 1.82) is 0 Å². The highest BCUT2D eigenvalue weighted by Gasteiger charge is 2.31. The van der Waals surface area contributed by atoms with Gasteiger partial charge in [-0.2, -0.15) is 0 Å². The summed E-state index contributed by atoms with van der Waals surface area (Å²) in [6.07, 6.45) is 3.66. The number of aliphatic imine (C=N–C) groups is 1. The van der Waals surface area contributed by atoms with E-state index in [1.165, 1.54) is 19.3 Å². The summed E-state index contributed by atoms with van der Waals surface area (Å²) in [4.78, 5) is 14.6. The number of rotatable bonds is 3. The molecule has 1 saturated carbocycles. The Bertz CT molecular complexity index is 245. The Morgan fingerprint density at radius 2 is 2.38 bits per heavy atom. The first-order chi connectivity index (χ1) is 6.25. The molecule has 0 aromatic rings. The standard InChI is InChI=1S/C9H13NO3/c11-9(12)4-8-10-7(5-13-8)6-2-1-3-6/h6-7H,1-5H2,(H,11,12). The van der Waals surface area contributed by atoms with E-state index < -0.39 is 5.97 Å². The number of hydrogen-bond donors (Lipinski definition) is 1. The number of hydrogen-bond acceptors (Lipinski definition) is 3. The third kappa shape index (κ3) is 1.82. The van der Waals surface area contributed by atoms with Crippen molar-refractivity contribution in [3.05, 3.63) is 0 Å². The van der Waals surface area contributed by atoms with Crippen LogP contribution in [-0.2, 0) is 9.53 Å². The average Bonchev–Trinajstić information content (AvgIpc) is 2.31. The van der Waals surface area contributed by atoms with Gasteiger partial charge >= 0.3 is 5.97 Å². The molecule has 4 nitrogen and oxygen atoms in total. The van der Waals surface area contributed by atoms with Gasteiger partial charge in [-0.05, 0) is 18.8 Å². The number of ether oxygens (including phenoxy) is 1. The van der Waals surface area contributed by atoms with E-state index in [0.717, 1.165) is 0 Å². The number of carbonyl (C=O) groups is 1. The lowest BCUT2D eigenvalue weighted by Crippen LogP contribution is -2.26. The topological polar surface area (TPSA) is 58.9 Å². The summed E-state index contributed by atoms with van der Waals surface area (Å²) in [6, 6.07) is 0.239. The molecule has 72 valence electrons. The smallest absolute Gasteiger partial charge is 0.312 e. The van der Waals surface area contributed by atoms with Gasteiger partial charge in [0, 0.05) is 0 Å². The zero-order chi connectivity index (χ0) is 9.26. The molecule has 1 N–H and O–H groups in total. The molecule has 1 fully saturated rings.